The van der Waals surface area contributed by atoms with Gasteiger partial charge >= 0.3 is 0 Å². The molecule has 1 aromatic carbocycles. The number of hydrogen-bond acceptors (Lipinski definition) is 2. The van der Waals surface area contributed by atoms with E-state index in [9.17, 15) is 4.39 Å². The number of rotatable bonds is 5. The Kier molecular flexibility index (Phi) is 3.93. The molecule has 1 atom stereocenters. The Hall–Kier alpha value is -1.68. The van der Waals surface area contributed by atoms with Gasteiger partial charge in [0, 0.05) is 25.0 Å². The molecule has 3 nitrogen and oxygen atoms in total. The molecule has 0 N–H and O–H groups in total. The van der Waals surface area contributed by atoms with E-state index in [0.717, 1.165) is 18.0 Å². The molecule has 0 radical (unpaired) electrons. The van der Waals surface area contributed by atoms with Crippen molar-refractivity contribution in [3.63, 3.8) is 0 Å². The highest BCUT2D eigenvalue weighted by Crippen LogP contribution is 2.37. The minimum atomic E-state index is -0.178. The first kappa shape index (κ1) is 14.9. The van der Waals surface area contributed by atoms with E-state index in [1.165, 1.54) is 62.4 Å². The van der Waals surface area contributed by atoms with Crippen LogP contribution < -0.4 is 0 Å². The van der Waals surface area contributed by atoms with E-state index in [2.05, 4.69) is 16.4 Å². The zero-order valence-corrected chi connectivity index (χ0v) is 13.7. The highest BCUT2D eigenvalue weighted by atomic mass is 19.1. The van der Waals surface area contributed by atoms with E-state index in [4.69, 9.17) is 4.98 Å². The monoisotopic (exact) mass is 313 g/mol. The standard InChI is InChI=1S/C19H24FN3/c1-14-11-21-19(18-3-2-10-22(18)12-15-4-5-15)23(14)13-16-6-8-17(20)9-7-16/h6-9,11,15,18H,2-5,10,12-13H2,1H3. The zero-order chi connectivity index (χ0) is 15.8. The van der Waals surface area contributed by atoms with Gasteiger partial charge < -0.3 is 4.57 Å². The summed E-state index contributed by atoms with van der Waals surface area (Å²) in [7, 11) is 0. The molecule has 2 aromatic rings. The van der Waals surface area contributed by atoms with E-state index >= 15 is 0 Å². The summed E-state index contributed by atoms with van der Waals surface area (Å²) in [6, 6.07) is 7.27. The Morgan fingerprint density at radius 2 is 1.96 bits per heavy atom. The van der Waals surface area contributed by atoms with Crippen LogP contribution >= 0.6 is 0 Å². The molecule has 1 aliphatic heterocycles. The number of nitrogens with zero attached hydrogens (tertiary/aromatic N) is 3. The lowest BCUT2D eigenvalue weighted by atomic mass is 10.1. The maximum absolute atomic E-state index is 13.1. The molecule has 1 saturated heterocycles. The fourth-order valence-corrected chi connectivity index (χ4v) is 3.69. The van der Waals surface area contributed by atoms with Crippen molar-refractivity contribution in [2.45, 2.75) is 45.2 Å². The summed E-state index contributed by atoms with van der Waals surface area (Å²) in [5.74, 6) is 1.92. The lowest BCUT2D eigenvalue weighted by molar-refractivity contribution is 0.234. The van der Waals surface area contributed by atoms with Gasteiger partial charge in [0.15, 0.2) is 0 Å². The molecule has 0 bridgehead atoms. The van der Waals surface area contributed by atoms with Gasteiger partial charge in [-0.25, -0.2) is 9.37 Å². The van der Waals surface area contributed by atoms with E-state index in [1.807, 2.05) is 18.3 Å². The van der Waals surface area contributed by atoms with Crippen LogP contribution in [-0.2, 0) is 6.54 Å². The number of aryl methyl sites for hydroxylation is 1. The average molecular weight is 313 g/mol. The number of imidazole rings is 1. The van der Waals surface area contributed by atoms with Crippen LogP contribution in [0.15, 0.2) is 30.5 Å². The van der Waals surface area contributed by atoms with E-state index in [1.54, 1.807) is 0 Å². The fourth-order valence-electron chi connectivity index (χ4n) is 3.69. The predicted octanol–water partition coefficient (Wildman–Crippen LogP) is 3.93. The first-order valence-electron chi connectivity index (χ1n) is 8.71. The molecule has 2 fully saturated rings. The fraction of sp³-hybridized carbons (Fsp3) is 0.526. The van der Waals surface area contributed by atoms with Crippen LogP contribution in [0.4, 0.5) is 4.39 Å². The van der Waals surface area contributed by atoms with Crippen LogP contribution in [0, 0.1) is 18.7 Å². The maximum Gasteiger partial charge on any atom is 0.126 e. The SMILES string of the molecule is Cc1cnc(C2CCCN2CC2CC2)n1Cc1ccc(F)cc1. The second kappa shape index (κ2) is 6.08. The first-order valence-corrected chi connectivity index (χ1v) is 8.71. The lowest BCUT2D eigenvalue weighted by Crippen LogP contribution is -2.28. The van der Waals surface area contributed by atoms with Gasteiger partial charge in [0.2, 0.25) is 0 Å². The first-order chi connectivity index (χ1) is 11.2. The van der Waals surface area contributed by atoms with Gasteiger partial charge in [-0.3, -0.25) is 4.90 Å². The normalized spacial score (nSPS) is 21.9. The number of halogens is 1. The largest absolute Gasteiger partial charge is 0.327 e. The maximum atomic E-state index is 13.1. The molecular formula is C19H24FN3. The second-order valence-electron chi connectivity index (χ2n) is 7.07. The molecule has 1 unspecified atom stereocenters. The Balaban J connectivity index is 1.57. The van der Waals surface area contributed by atoms with Crippen molar-refractivity contribution >= 4 is 0 Å². The van der Waals surface area contributed by atoms with Crippen LogP contribution in [0.1, 0.15) is 48.8 Å². The minimum Gasteiger partial charge on any atom is -0.327 e. The average Bonchev–Trinajstić information content (AvgIpc) is 3.13. The Labute approximate surface area is 137 Å². The van der Waals surface area contributed by atoms with Crippen molar-refractivity contribution in [1.29, 1.82) is 0 Å². The zero-order valence-electron chi connectivity index (χ0n) is 13.7. The van der Waals surface area contributed by atoms with Crippen molar-refractivity contribution < 1.29 is 4.39 Å². The third-order valence-corrected chi connectivity index (χ3v) is 5.19. The van der Waals surface area contributed by atoms with Gasteiger partial charge in [0.1, 0.15) is 11.6 Å². The summed E-state index contributed by atoms with van der Waals surface area (Å²) < 4.78 is 15.4. The third kappa shape index (κ3) is 3.18. The number of aromatic nitrogens is 2. The summed E-state index contributed by atoms with van der Waals surface area (Å²) >= 11 is 0. The Bertz CT molecular complexity index is 672. The molecule has 2 heterocycles. The quantitative estimate of drug-likeness (QED) is 0.834. The molecule has 4 heteroatoms. The van der Waals surface area contributed by atoms with Crippen molar-refractivity contribution in [2.75, 3.05) is 13.1 Å². The van der Waals surface area contributed by atoms with Crippen molar-refractivity contribution in [3.05, 3.63) is 53.4 Å². The van der Waals surface area contributed by atoms with Crippen LogP contribution in [0.5, 0.6) is 0 Å². The van der Waals surface area contributed by atoms with Crippen LogP contribution in [0.3, 0.4) is 0 Å². The molecule has 122 valence electrons. The molecule has 1 saturated carbocycles. The number of likely N-dealkylation sites (tertiary alicyclic amines) is 1. The topological polar surface area (TPSA) is 21.1 Å². The van der Waals surface area contributed by atoms with Gasteiger partial charge in [-0.15, -0.1) is 0 Å². The van der Waals surface area contributed by atoms with E-state index in [0.29, 0.717) is 6.04 Å². The molecule has 4 rings (SSSR count). The molecule has 0 amide bonds. The molecule has 23 heavy (non-hydrogen) atoms. The van der Waals surface area contributed by atoms with Gasteiger partial charge in [0.05, 0.1) is 6.04 Å². The van der Waals surface area contributed by atoms with Gasteiger partial charge in [-0.2, -0.15) is 0 Å². The van der Waals surface area contributed by atoms with Gasteiger partial charge in [-0.1, -0.05) is 12.1 Å². The van der Waals surface area contributed by atoms with Crippen molar-refractivity contribution in [3.8, 4) is 0 Å². The van der Waals surface area contributed by atoms with Gasteiger partial charge in [0.25, 0.3) is 0 Å². The second-order valence-corrected chi connectivity index (χ2v) is 7.07. The van der Waals surface area contributed by atoms with Crippen LogP contribution in [-0.4, -0.2) is 27.5 Å². The Morgan fingerprint density at radius 1 is 1.17 bits per heavy atom. The molecule has 1 aliphatic carbocycles. The Morgan fingerprint density at radius 3 is 2.70 bits per heavy atom. The molecule has 0 spiro atoms. The summed E-state index contributed by atoms with van der Waals surface area (Å²) in [6.45, 7) is 5.31. The van der Waals surface area contributed by atoms with Gasteiger partial charge in [-0.05, 0) is 62.8 Å². The lowest BCUT2D eigenvalue weighted by Gasteiger charge is -2.25. The van der Waals surface area contributed by atoms with Crippen LogP contribution in [0.2, 0.25) is 0 Å². The van der Waals surface area contributed by atoms with E-state index < -0.39 is 0 Å². The van der Waals surface area contributed by atoms with Crippen molar-refractivity contribution in [1.82, 2.24) is 14.5 Å². The van der Waals surface area contributed by atoms with Crippen molar-refractivity contribution in [2.24, 2.45) is 5.92 Å². The number of benzene rings is 1. The molecule has 2 aliphatic rings. The minimum absolute atomic E-state index is 0.178. The summed E-state index contributed by atoms with van der Waals surface area (Å²) in [4.78, 5) is 7.36. The highest BCUT2D eigenvalue weighted by molar-refractivity contribution is 5.19. The smallest absolute Gasteiger partial charge is 0.126 e. The summed E-state index contributed by atoms with van der Waals surface area (Å²) in [6.07, 6.45) is 7.23. The number of hydrogen-bond donors (Lipinski definition) is 0. The van der Waals surface area contributed by atoms with Crippen LogP contribution in [0.25, 0.3) is 0 Å². The summed E-state index contributed by atoms with van der Waals surface area (Å²) in [5, 5.41) is 0. The predicted molar refractivity (Wildman–Crippen MR) is 88.7 cm³/mol. The summed E-state index contributed by atoms with van der Waals surface area (Å²) in [5.41, 5.74) is 2.31. The highest BCUT2D eigenvalue weighted by Gasteiger charge is 2.34. The third-order valence-electron chi connectivity index (χ3n) is 5.19. The molecular weight excluding hydrogens is 289 g/mol. The molecule has 1 aromatic heterocycles. The van der Waals surface area contributed by atoms with E-state index in [-0.39, 0.29) is 5.82 Å².